The van der Waals surface area contributed by atoms with Crippen LogP contribution >= 0.6 is 30.2 Å². The van der Waals surface area contributed by atoms with Crippen molar-refractivity contribution in [2.75, 3.05) is 0 Å². The number of benzene rings is 18. The summed E-state index contributed by atoms with van der Waals surface area (Å²) in [6.45, 7) is 8.33. The molecule has 18 aromatic carbocycles. The van der Waals surface area contributed by atoms with E-state index in [9.17, 15) is 9.13 Å². The second kappa shape index (κ2) is 37.4. The molecule has 14 heteroatoms. The normalized spacial score (nSPS) is 12.8. The van der Waals surface area contributed by atoms with Gasteiger partial charge in [0.1, 0.15) is 0 Å². The van der Waals surface area contributed by atoms with E-state index in [1.165, 1.54) is 16.5 Å². The number of rotatable bonds is 18. The fraction of sp³-hybridized carbons (Fsp3) is 0.0517. The first-order chi connectivity index (χ1) is 63.5. The van der Waals surface area contributed by atoms with Crippen LogP contribution in [-0.2, 0) is 18.4 Å². The lowest BCUT2D eigenvalue weighted by Crippen LogP contribution is -2.41. The largest absolute Gasteiger partial charge is 0.494 e. The van der Waals surface area contributed by atoms with Gasteiger partial charge in [0, 0.05) is 69.7 Å². The third-order valence-electron chi connectivity index (χ3n) is 24.3. The highest BCUT2D eigenvalue weighted by Gasteiger charge is 2.52. The summed E-state index contributed by atoms with van der Waals surface area (Å²) < 4.78 is 42.5. The number of aromatic nitrogens is 6. The van der Waals surface area contributed by atoms with Crippen LogP contribution < -0.4 is 37.3 Å². The molecule has 1 saturated heterocycles. The highest BCUT2D eigenvalue weighted by molar-refractivity contribution is 9.10. The number of nitrogens with zero attached hydrogens (tertiary/aromatic N) is 6. The quantitative estimate of drug-likeness (QED) is 0.0605. The van der Waals surface area contributed by atoms with Crippen LogP contribution in [0.25, 0.3) is 146 Å². The van der Waals surface area contributed by atoms with Crippen LogP contribution in [0.4, 0.5) is 0 Å². The minimum atomic E-state index is -3.05. The van der Waals surface area contributed by atoms with E-state index in [2.05, 4.69) is 274 Å². The van der Waals surface area contributed by atoms with Gasteiger partial charge in [0.2, 0.25) is 0 Å². The molecule has 1 aliphatic rings. The van der Waals surface area contributed by atoms with Crippen LogP contribution in [0.2, 0.25) is 0 Å². The van der Waals surface area contributed by atoms with Crippen LogP contribution in [0.15, 0.2) is 466 Å². The van der Waals surface area contributed by atoms with E-state index in [1.807, 2.05) is 231 Å². The zero-order valence-corrected chi connectivity index (χ0v) is 75.4. The van der Waals surface area contributed by atoms with E-state index in [0.717, 1.165) is 136 Å². The SMILES string of the molecule is CC1(C)OB(c2ccc3c(-c4ccc(-c5nc(-c6ccccc6)nc(-c6ccc(-c7ccccc7)cc6)n5)cc4)cccc3c2)OC1(C)C.O=P(c1ccccc1)(c1ccccc1)c1ccc(-c2ccc3c(-c4ccc(-c5nc(-c6ccccc6)nc(-c6ccc(-c7ccccc7)cc6)n5)cc4)cccc3c2)cc1.O=P(c1ccccc1)(c1ccccc1)c1ccc(Br)cc1. The van der Waals surface area contributed by atoms with Crippen LogP contribution in [0.3, 0.4) is 0 Å². The molecule has 0 amide bonds. The molecule has 0 saturated carbocycles. The fourth-order valence-corrected chi connectivity index (χ4v) is 22.1. The van der Waals surface area contributed by atoms with Gasteiger partial charge in [0.25, 0.3) is 0 Å². The molecule has 0 unspecified atom stereocenters. The molecular formula is C116H88BBrN6O4P2. The number of hydrogen-bond acceptors (Lipinski definition) is 10. The number of halogens is 1. The van der Waals surface area contributed by atoms with Crippen LogP contribution in [0, 0.1) is 0 Å². The highest BCUT2D eigenvalue weighted by Crippen LogP contribution is 2.46. The van der Waals surface area contributed by atoms with E-state index in [-0.39, 0.29) is 11.2 Å². The third-order valence-corrected chi connectivity index (χ3v) is 31.0. The van der Waals surface area contributed by atoms with Gasteiger partial charge in [0.15, 0.2) is 49.2 Å². The molecule has 10 nitrogen and oxygen atoms in total. The topological polar surface area (TPSA) is 130 Å². The van der Waals surface area contributed by atoms with Crippen molar-refractivity contribution < 1.29 is 18.4 Å². The summed E-state index contributed by atoms with van der Waals surface area (Å²) in [4.78, 5) is 29.7. The molecule has 1 aliphatic heterocycles. The lowest BCUT2D eigenvalue weighted by atomic mass is 9.78. The maximum atomic E-state index is 14.9. The Labute approximate surface area is 767 Å². The van der Waals surface area contributed by atoms with Crippen molar-refractivity contribution in [2.24, 2.45) is 0 Å². The summed E-state index contributed by atoms with van der Waals surface area (Å²) >= 11 is 3.43. The highest BCUT2D eigenvalue weighted by atomic mass is 79.9. The molecule has 0 bridgehead atoms. The molecule has 3 heterocycles. The molecule has 0 spiro atoms. The second-order valence-electron chi connectivity index (χ2n) is 33.1. The van der Waals surface area contributed by atoms with E-state index < -0.39 is 21.4 Å². The minimum absolute atomic E-state index is 0.385. The van der Waals surface area contributed by atoms with E-state index in [1.54, 1.807) is 0 Å². The first-order valence-electron chi connectivity index (χ1n) is 43.4. The summed E-state index contributed by atoms with van der Waals surface area (Å²) in [5.74, 6) is 3.79. The molecule has 21 rings (SSSR count). The average molecular weight is 1780 g/mol. The Balaban J connectivity index is 0.000000140. The van der Waals surface area contributed by atoms with Crippen molar-refractivity contribution >= 4 is 96.2 Å². The first-order valence-corrected chi connectivity index (χ1v) is 47.6. The molecular weight excluding hydrogens is 1690 g/mol. The predicted molar refractivity (Wildman–Crippen MR) is 543 cm³/mol. The summed E-state index contributed by atoms with van der Waals surface area (Å²) in [7, 11) is -6.26. The molecule has 0 N–H and O–H groups in total. The van der Waals surface area contributed by atoms with Gasteiger partial charge in [-0.2, -0.15) is 0 Å². The molecule has 626 valence electrons. The molecule has 130 heavy (non-hydrogen) atoms. The Bertz CT molecular complexity index is 7370. The Morgan fingerprint density at radius 1 is 0.223 bits per heavy atom. The first kappa shape index (κ1) is 84.9. The van der Waals surface area contributed by atoms with Crippen molar-refractivity contribution in [3.8, 4) is 124 Å². The molecule has 0 atom stereocenters. The summed E-state index contributed by atoms with van der Waals surface area (Å²) in [6.07, 6.45) is 0. The Morgan fingerprint density at radius 3 is 0.785 bits per heavy atom. The van der Waals surface area contributed by atoms with E-state index in [0.29, 0.717) is 34.9 Å². The maximum Gasteiger partial charge on any atom is 0.494 e. The van der Waals surface area contributed by atoms with Crippen molar-refractivity contribution in [3.63, 3.8) is 0 Å². The van der Waals surface area contributed by atoms with E-state index >= 15 is 0 Å². The van der Waals surface area contributed by atoms with Crippen LogP contribution in [0.1, 0.15) is 27.7 Å². The van der Waals surface area contributed by atoms with Gasteiger partial charge in [0.05, 0.1) is 11.2 Å². The van der Waals surface area contributed by atoms with Gasteiger partial charge in [-0.1, -0.05) is 447 Å². The zero-order chi connectivity index (χ0) is 88.6. The number of hydrogen-bond donors (Lipinski definition) is 0. The second-order valence-corrected chi connectivity index (χ2v) is 39.5. The number of fused-ring (bicyclic) bond motifs is 2. The van der Waals surface area contributed by atoms with Gasteiger partial charge in [-0.3, -0.25) is 0 Å². The lowest BCUT2D eigenvalue weighted by molar-refractivity contribution is 0.00578. The Kier molecular flexibility index (Phi) is 24.4. The minimum Gasteiger partial charge on any atom is -0.399 e. The lowest BCUT2D eigenvalue weighted by Gasteiger charge is -2.32. The van der Waals surface area contributed by atoms with Crippen molar-refractivity contribution in [3.05, 3.63) is 466 Å². The van der Waals surface area contributed by atoms with Crippen LogP contribution in [0.5, 0.6) is 0 Å². The summed E-state index contributed by atoms with van der Waals surface area (Å²) in [6, 6.07) is 156. The Morgan fingerprint density at radius 2 is 0.454 bits per heavy atom. The molecule has 0 radical (unpaired) electrons. The Hall–Kier alpha value is -14.6. The van der Waals surface area contributed by atoms with Gasteiger partial charge in [-0.25, -0.2) is 29.9 Å². The molecule has 1 fully saturated rings. The van der Waals surface area contributed by atoms with Gasteiger partial charge >= 0.3 is 7.12 Å². The van der Waals surface area contributed by atoms with Crippen molar-refractivity contribution in [2.45, 2.75) is 38.9 Å². The fourth-order valence-electron chi connectivity index (χ4n) is 16.5. The van der Waals surface area contributed by atoms with Crippen molar-refractivity contribution in [1.82, 2.24) is 29.9 Å². The van der Waals surface area contributed by atoms with Gasteiger partial charge in [-0.05, 0) is 141 Å². The molecule has 2 aromatic heterocycles. The summed E-state index contributed by atoms with van der Waals surface area (Å²) in [5.41, 5.74) is 17.2. The standard InChI is InChI=1S/C55H38N3OP.C43H36BN3O2.C18H14BrOP/c59-60(48-19-9-3-10-20-48,49-21-11-4-12-22-49)50-35-32-41(33-36-50)46-34-37-52-47(38-46)18-13-23-51(52)42-26-30-45(31-27-42)55-57-53(43-16-7-2-8-17-43)56-54(58-55)44-28-24-40(25-29-44)39-14-5-1-6-15-39;1-42(2)43(3,4)49-44(48-42)36-26-27-38-35(28-36)16-11-17-37(38)31-20-24-34(25-21-31)41-46-39(32-14-9-6-10-15-32)45-40(47-41)33-22-18-30(19-23-33)29-12-7-5-8-13-29;19-15-11-13-18(14-12-15)21(20,16-7-3-1-4-8-16)17-9-5-2-6-10-17/h1-38H;5-28H,1-4H3;1-14H. The zero-order valence-electron chi connectivity index (χ0n) is 72.0. The average Bonchev–Trinajstić information content (AvgIpc) is 1.56. The summed E-state index contributed by atoms with van der Waals surface area (Å²) in [5, 5.41) is 9.66. The van der Waals surface area contributed by atoms with Gasteiger partial charge < -0.3 is 18.4 Å². The predicted octanol–water partition coefficient (Wildman–Crippen LogP) is 26.4. The third kappa shape index (κ3) is 18.0. The maximum absolute atomic E-state index is 14.9. The monoisotopic (exact) mass is 1780 g/mol. The van der Waals surface area contributed by atoms with Crippen molar-refractivity contribution in [1.29, 1.82) is 0 Å². The molecule has 0 aliphatic carbocycles. The molecule has 20 aromatic rings. The van der Waals surface area contributed by atoms with Crippen LogP contribution in [-0.4, -0.2) is 48.2 Å². The smallest absolute Gasteiger partial charge is 0.399 e. The van der Waals surface area contributed by atoms with Gasteiger partial charge in [-0.15, -0.1) is 0 Å². The van der Waals surface area contributed by atoms with E-state index in [4.69, 9.17) is 39.2 Å².